The van der Waals surface area contributed by atoms with Gasteiger partial charge in [-0.1, -0.05) is 67.1 Å². The smallest absolute Gasteiger partial charge is 0 e. The quantitative estimate of drug-likeness (QED) is 0.613. The average Bonchev–Trinajstić information content (AvgIpc) is 3.09. The van der Waals surface area contributed by atoms with Gasteiger partial charge in [-0.2, -0.15) is 17.7 Å². The first kappa shape index (κ1) is 19.4. The van der Waals surface area contributed by atoms with Gasteiger partial charge in [0, 0.05) is 18.6 Å². The van der Waals surface area contributed by atoms with Crippen molar-refractivity contribution in [1.82, 2.24) is 4.90 Å². The van der Waals surface area contributed by atoms with Gasteiger partial charge in [-0.3, -0.25) is 0 Å². The molecule has 0 atom stereocenters. The maximum Gasteiger partial charge on any atom is 0 e. The zero-order valence-corrected chi connectivity index (χ0v) is 15.3. The number of likely N-dealkylation sites (N-methyl/N-ethyl adjacent to an activating group) is 1. The minimum Gasteiger partial charge on any atom is -0.310 e. The standard InChI is InChI=1S/C12H10.C9H14N.V/c1-3-7-11(8-4-1)12-9-5-2-6-10-12;1-10(2)8-7-9-5-3-4-6-9;/h1-10H;3-6H,7-8H2,1-2H3;/q;-1;. The molecule has 0 aliphatic heterocycles. The summed E-state index contributed by atoms with van der Waals surface area (Å²) in [6.07, 6.45) is 1.17. The predicted molar refractivity (Wildman–Crippen MR) is 96.2 cm³/mol. The Kier molecular flexibility index (Phi) is 9.24. The molecule has 2 heteroatoms. The van der Waals surface area contributed by atoms with Crippen LogP contribution in [0.25, 0.3) is 11.1 Å². The summed E-state index contributed by atoms with van der Waals surface area (Å²) in [5.41, 5.74) is 3.99. The van der Waals surface area contributed by atoms with Gasteiger partial charge in [-0.15, -0.1) is 0 Å². The maximum absolute atomic E-state index is 2.20. The first-order chi connectivity index (χ1) is 10.8. The third-order valence-corrected chi connectivity index (χ3v) is 3.46. The number of hydrogen-bond donors (Lipinski definition) is 0. The van der Waals surface area contributed by atoms with E-state index in [1.807, 2.05) is 12.1 Å². The van der Waals surface area contributed by atoms with E-state index in [1.54, 1.807) is 0 Å². The molecule has 0 spiro atoms. The first-order valence-electron chi connectivity index (χ1n) is 7.71. The van der Waals surface area contributed by atoms with Crippen molar-refractivity contribution in [2.75, 3.05) is 20.6 Å². The molecule has 119 valence electrons. The van der Waals surface area contributed by atoms with Gasteiger partial charge in [-0.25, -0.2) is 12.1 Å². The molecule has 0 aliphatic rings. The summed E-state index contributed by atoms with van der Waals surface area (Å²) < 4.78 is 0. The first-order valence-corrected chi connectivity index (χ1v) is 7.71. The van der Waals surface area contributed by atoms with E-state index in [-0.39, 0.29) is 18.6 Å². The zero-order valence-electron chi connectivity index (χ0n) is 13.9. The Labute approximate surface area is 152 Å². The number of hydrogen-bond acceptors (Lipinski definition) is 1. The van der Waals surface area contributed by atoms with Crippen LogP contribution in [0.4, 0.5) is 0 Å². The van der Waals surface area contributed by atoms with Crippen LogP contribution in [0.5, 0.6) is 0 Å². The van der Waals surface area contributed by atoms with E-state index in [0.717, 1.165) is 6.54 Å². The van der Waals surface area contributed by atoms with Gasteiger partial charge < -0.3 is 4.90 Å². The van der Waals surface area contributed by atoms with Crippen molar-refractivity contribution in [3.05, 3.63) is 90.5 Å². The summed E-state index contributed by atoms with van der Waals surface area (Å²) in [7, 11) is 4.20. The molecule has 0 aliphatic carbocycles. The maximum atomic E-state index is 2.20. The molecule has 0 heterocycles. The molecule has 3 rings (SSSR count). The normalized spacial score (nSPS) is 9.70. The van der Waals surface area contributed by atoms with Crippen molar-refractivity contribution < 1.29 is 18.6 Å². The number of nitrogens with zero attached hydrogens (tertiary/aromatic N) is 1. The molecule has 0 fully saturated rings. The van der Waals surface area contributed by atoms with Gasteiger partial charge in [0.1, 0.15) is 0 Å². The fraction of sp³-hybridized carbons (Fsp3) is 0.190. The predicted octanol–water partition coefficient (Wildman–Crippen LogP) is 4.86. The minimum absolute atomic E-state index is 0. The molecule has 0 aromatic heterocycles. The van der Waals surface area contributed by atoms with Crippen LogP contribution in [-0.4, -0.2) is 25.5 Å². The molecule has 0 bridgehead atoms. The van der Waals surface area contributed by atoms with Crippen molar-refractivity contribution in [2.45, 2.75) is 6.42 Å². The summed E-state index contributed by atoms with van der Waals surface area (Å²) in [4.78, 5) is 2.20. The molecule has 0 unspecified atom stereocenters. The second-order valence-electron chi connectivity index (χ2n) is 5.58. The third-order valence-electron chi connectivity index (χ3n) is 3.46. The van der Waals surface area contributed by atoms with E-state index in [0.29, 0.717) is 0 Å². The van der Waals surface area contributed by atoms with Crippen molar-refractivity contribution in [3.63, 3.8) is 0 Å². The minimum atomic E-state index is 0. The van der Waals surface area contributed by atoms with Crippen LogP contribution < -0.4 is 0 Å². The van der Waals surface area contributed by atoms with Crippen molar-refractivity contribution in [2.24, 2.45) is 0 Å². The van der Waals surface area contributed by atoms with E-state index in [4.69, 9.17) is 0 Å². The van der Waals surface area contributed by atoms with Gasteiger partial charge in [0.25, 0.3) is 0 Å². The summed E-state index contributed by atoms with van der Waals surface area (Å²) in [6.45, 7) is 1.14. The van der Waals surface area contributed by atoms with Crippen LogP contribution in [0.15, 0.2) is 84.9 Å². The molecule has 3 aromatic rings. The summed E-state index contributed by atoms with van der Waals surface area (Å²) in [5, 5.41) is 0. The average molecular weight is 341 g/mol. The Hall–Kier alpha value is -1.67. The van der Waals surface area contributed by atoms with Gasteiger partial charge >= 0.3 is 0 Å². The van der Waals surface area contributed by atoms with Crippen LogP contribution in [0.3, 0.4) is 0 Å². The van der Waals surface area contributed by atoms with Crippen LogP contribution in [0, 0.1) is 0 Å². The topological polar surface area (TPSA) is 3.24 Å². The Bertz CT molecular complexity index is 578. The molecule has 23 heavy (non-hydrogen) atoms. The fourth-order valence-corrected chi connectivity index (χ4v) is 2.19. The van der Waals surface area contributed by atoms with E-state index in [9.17, 15) is 0 Å². The third kappa shape index (κ3) is 7.43. The van der Waals surface area contributed by atoms with Gasteiger partial charge in [-0.05, 0) is 31.8 Å². The molecule has 0 saturated carbocycles. The SMILES string of the molecule is CN(C)CC[c-]1cccc1.[V].c1ccc(-c2ccccc2)cc1. The molecular formula is C21H24NV-. The van der Waals surface area contributed by atoms with Crippen LogP contribution in [0.2, 0.25) is 0 Å². The second kappa shape index (κ2) is 11.0. The molecule has 0 N–H and O–H groups in total. The van der Waals surface area contributed by atoms with Crippen molar-refractivity contribution >= 4 is 0 Å². The molecule has 0 saturated heterocycles. The second-order valence-corrected chi connectivity index (χ2v) is 5.58. The molecule has 3 aromatic carbocycles. The van der Waals surface area contributed by atoms with Gasteiger partial charge in [0.2, 0.25) is 0 Å². The Morgan fingerprint density at radius 3 is 1.52 bits per heavy atom. The molecular weight excluding hydrogens is 317 g/mol. The summed E-state index contributed by atoms with van der Waals surface area (Å²) >= 11 is 0. The van der Waals surface area contributed by atoms with Crippen LogP contribution in [0.1, 0.15) is 5.56 Å². The van der Waals surface area contributed by atoms with Gasteiger partial charge in [0.15, 0.2) is 0 Å². The Morgan fingerprint density at radius 2 is 1.13 bits per heavy atom. The zero-order chi connectivity index (χ0) is 15.6. The monoisotopic (exact) mass is 341 g/mol. The van der Waals surface area contributed by atoms with E-state index >= 15 is 0 Å². The fourth-order valence-electron chi connectivity index (χ4n) is 2.19. The number of benzene rings is 2. The molecule has 0 amide bonds. The van der Waals surface area contributed by atoms with Crippen molar-refractivity contribution in [1.29, 1.82) is 0 Å². The van der Waals surface area contributed by atoms with Gasteiger partial charge in [0.05, 0.1) is 0 Å². The Morgan fingerprint density at radius 1 is 0.696 bits per heavy atom. The van der Waals surface area contributed by atoms with Crippen LogP contribution in [-0.2, 0) is 25.0 Å². The summed E-state index contributed by atoms with van der Waals surface area (Å²) in [5.74, 6) is 0. The largest absolute Gasteiger partial charge is 0.310 e. The number of rotatable bonds is 4. The van der Waals surface area contributed by atoms with E-state index < -0.39 is 0 Å². The van der Waals surface area contributed by atoms with Crippen LogP contribution >= 0.6 is 0 Å². The van der Waals surface area contributed by atoms with Crippen molar-refractivity contribution in [3.8, 4) is 11.1 Å². The molecule has 1 radical (unpaired) electrons. The summed E-state index contributed by atoms with van der Waals surface area (Å²) in [6, 6.07) is 29.3. The molecule has 1 nitrogen and oxygen atoms in total. The van der Waals surface area contributed by atoms with E-state index in [1.165, 1.54) is 23.1 Å². The Balaban J connectivity index is 0.000000224. The van der Waals surface area contributed by atoms with E-state index in [2.05, 4.69) is 91.8 Å².